The van der Waals surface area contributed by atoms with Crippen LogP contribution in [-0.4, -0.2) is 17.3 Å². The molecule has 0 bridgehead atoms. The molecule has 2 nitrogen and oxygen atoms in total. The Morgan fingerprint density at radius 1 is 1.00 bits per heavy atom. The van der Waals surface area contributed by atoms with Gasteiger partial charge in [-0.3, -0.25) is 0 Å². The molecule has 20 heavy (non-hydrogen) atoms. The molecule has 1 rings (SSSR count). The molecule has 8 heteroatoms. The van der Waals surface area contributed by atoms with Gasteiger partial charge < -0.3 is 10.8 Å². The predicted molar refractivity (Wildman–Crippen MR) is 59.7 cm³/mol. The fourth-order valence-corrected chi connectivity index (χ4v) is 1.80. The van der Waals surface area contributed by atoms with E-state index < -0.39 is 35.1 Å². The molecule has 0 saturated heterocycles. The molecule has 114 valence electrons. The summed E-state index contributed by atoms with van der Waals surface area (Å²) in [6.45, 7) is 1.34. The van der Waals surface area contributed by atoms with Crippen molar-refractivity contribution >= 4 is 0 Å². The van der Waals surface area contributed by atoms with Crippen molar-refractivity contribution in [1.82, 2.24) is 0 Å². The number of alkyl halides is 6. The molecule has 0 aliphatic heterocycles. The first-order valence-electron chi connectivity index (χ1n) is 5.67. The molecular formula is C12H13F6NO. The van der Waals surface area contributed by atoms with Crippen molar-refractivity contribution in [2.45, 2.75) is 37.3 Å². The highest BCUT2D eigenvalue weighted by molar-refractivity contribution is 5.31. The van der Waals surface area contributed by atoms with Crippen LogP contribution in [0.25, 0.3) is 0 Å². The maximum atomic E-state index is 13.0. The maximum Gasteiger partial charge on any atom is 0.422 e. The summed E-state index contributed by atoms with van der Waals surface area (Å²) in [4.78, 5) is 0. The van der Waals surface area contributed by atoms with Crippen molar-refractivity contribution in [2.24, 2.45) is 5.73 Å². The number of nitrogens with two attached hydrogens (primary N) is 1. The van der Waals surface area contributed by atoms with Gasteiger partial charge in [-0.25, -0.2) is 0 Å². The molecule has 0 spiro atoms. The van der Waals surface area contributed by atoms with Gasteiger partial charge in [-0.05, 0) is 24.1 Å². The van der Waals surface area contributed by atoms with Gasteiger partial charge in [0.05, 0.1) is 5.56 Å². The van der Waals surface area contributed by atoms with Gasteiger partial charge in [-0.2, -0.15) is 26.3 Å². The zero-order valence-corrected chi connectivity index (χ0v) is 10.4. The molecule has 0 heterocycles. The summed E-state index contributed by atoms with van der Waals surface area (Å²) in [5.74, 6) is 0. The Balaban J connectivity index is 3.31. The Morgan fingerprint density at radius 2 is 1.40 bits per heavy atom. The first-order chi connectivity index (χ1) is 8.94. The van der Waals surface area contributed by atoms with Crippen molar-refractivity contribution in [3.05, 3.63) is 35.4 Å². The standard InChI is InChI=1S/C12H13F6NO/c1-2-9(19)10(20,12(16,17)18)7-3-5-8(6-4-7)11(13,14)15/h3-6,9,20H,2,19H2,1H3. The molecule has 1 aromatic carbocycles. The first-order valence-corrected chi connectivity index (χ1v) is 5.67. The third-order valence-corrected chi connectivity index (χ3v) is 3.06. The molecule has 0 aliphatic carbocycles. The van der Waals surface area contributed by atoms with E-state index in [4.69, 9.17) is 5.73 Å². The van der Waals surface area contributed by atoms with Gasteiger partial charge in [0.25, 0.3) is 0 Å². The van der Waals surface area contributed by atoms with Crippen LogP contribution in [0.1, 0.15) is 24.5 Å². The fraction of sp³-hybridized carbons (Fsp3) is 0.500. The van der Waals surface area contributed by atoms with Crippen molar-refractivity contribution in [2.75, 3.05) is 0 Å². The van der Waals surface area contributed by atoms with Crippen LogP contribution >= 0.6 is 0 Å². The van der Waals surface area contributed by atoms with Gasteiger partial charge >= 0.3 is 12.4 Å². The second-order valence-electron chi connectivity index (χ2n) is 4.35. The second-order valence-corrected chi connectivity index (χ2v) is 4.35. The minimum absolute atomic E-state index is 0.197. The van der Waals surface area contributed by atoms with Crippen LogP contribution < -0.4 is 5.73 Å². The van der Waals surface area contributed by atoms with E-state index in [1.807, 2.05) is 0 Å². The van der Waals surface area contributed by atoms with Crippen molar-refractivity contribution in [3.8, 4) is 0 Å². The number of rotatable bonds is 3. The van der Waals surface area contributed by atoms with E-state index in [0.717, 1.165) is 0 Å². The average Bonchev–Trinajstić information content (AvgIpc) is 2.34. The van der Waals surface area contributed by atoms with E-state index in [-0.39, 0.29) is 6.42 Å². The Kier molecular flexibility index (Phi) is 4.40. The summed E-state index contributed by atoms with van der Waals surface area (Å²) < 4.78 is 76.1. The van der Waals surface area contributed by atoms with Gasteiger partial charge in [-0.15, -0.1) is 0 Å². The van der Waals surface area contributed by atoms with Crippen molar-refractivity contribution in [3.63, 3.8) is 0 Å². The van der Waals surface area contributed by atoms with Crippen LogP contribution in [0, 0.1) is 0 Å². The van der Waals surface area contributed by atoms with Crippen LogP contribution in [0.5, 0.6) is 0 Å². The minimum Gasteiger partial charge on any atom is -0.375 e. The first kappa shape index (κ1) is 16.8. The van der Waals surface area contributed by atoms with Crippen LogP contribution in [-0.2, 0) is 11.8 Å². The van der Waals surface area contributed by atoms with E-state index >= 15 is 0 Å². The van der Waals surface area contributed by atoms with Crippen LogP contribution in [0.2, 0.25) is 0 Å². The molecule has 0 fully saturated rings. The molecule has 0 aromatic heterocycles. The van der Waals surface area contributed by atoms with Gasteiger partial charge in [0.15, 0.2) is 0 Å². The summed E-state index contributed by atoms with van der Waals surface area (Å²) in [5, 5.41) is 9.85. The Bertz CT molecular complexity index is 453. The predicted octanol–water partition coefficient (Wildman–Crippen LogP) is 3.19. The van der Waals surface area contributed by atoms with Gasteiger partial charge in [-0.1, -0.05) is 19.1 Å². The van der Waals surface area contributed by atoms with Crippen molar-refractivity contribution < 1.29 is 31.4 Å². The summed E-state index contributed by atoms with van der Waals surface area (Å²) in [6, 6.07) is 0.458. The highest BCUT2D eigenvalue weighted by Gasteiger charge is 2.58. The second kappa shape index (κ2) is 5.25. The summed E-state index contributed by atoms with van der Waals surface area (Å²) in [6.07, 6.45) is -9.96. The van der Waals surface area contributed by atoms with E-state index in [9.17, 15) is 31.4 Å². The largest absolute Gasteiger partial charge is 0.422 e. The molecule has 0 aliphatic rings. The van der Waals surface area contributed by atoms with Gasteiger partial charge in [0.1, 0.15) is 0 Å². The minimum atomic E-state index is -5.10. The highest BCUT2D eigenvalue weighted by Crippen LogP contribution is 2.42. The SMILES string of the molecule is CCC(N)C(O)(c1ccc(C(F)(F)F)cc1)C(F)(F)F. The molecule has 1 aromatic rings. The molecule has 2 atom stereocenters. The number of hydrogen-bond donors (Lipinski definition) is 2. The van der Waals surface area contributed by atoms with Crippen LogP contribution in [0.4, 0.5) is 26.3 Å². The van der Waals surface area contributed by atoms with Crippen molar-refractivity contribution in [1.29, 1.82) is 0 Å². The molecule has 2 unspecified atom stereocenters. The Labute approximate surface area is 111 Å². The van der Waals surface area contributed by atoms with Gasteiger partial charge in [0, 0.05) is 6.04 Å². The quantitative estimate of drug-likeness (QED) is 0.842. The zero-order valence-electron chi connectivity index (χ0n) is 10.4. The molecule has 0 saturated carbocycles. The lowest BCUT2D eigenvalue weighted by Gasteiger charge is -2.35. The lowest BCUT2D eigenvalue weighted by atomic mass is 9.84. The van der Waals surface area contributed by atoms with E-state index in [1.165, 1.54) is 6.92 Å². The van der Waals surface area contributed by atoms with Gasteiger partial charge in [0.2, 0.25) is 5.60 Å². The molecular weight excluding hydrogens is 288 g/mol. The topological polar surface area (TPSA) is 46.2 Å². The molecule has 3 N–H and O–H groups in total. The fourth-order valence-electron chi connectivity index (χ4n) is 1.80. The Morgan fingerprint density at radius 3 is 1.70 bits per heavy atom. The lowest BCUT2D eigenvalue weighted by Crippen LogP contribution is -2.55. The maximum absolute atomic E-state index is 13.0. The lowest BCUT2D eigenvalue weighted by molar-refractivity contribution is -0.274. The average molecular weight is 301 g/mol. The van der Waals surface area contributed by atoms with E-state index in [1.54, 1.807) is 0 Å². The Hall–Kier alpha value is -1.28. The van der Waals surface area contributed by atoms with E-state index in [0.29, 0.717) is 24.3 Å². The normalized spacial score (nSPS) is 17.6. The third kappa shape index (κ3) is 2.90. The monoisotopic (exact) mass is 301 g/mol. The number of benzene rings is 1. The highest BCUT2D eigenvalue weighted by atomic mass is 19.4. The summed E-state index contributed by atoms with van der Waals surface area (Å²) in [7, 11) is 0. The smallest absolute Gasteiger partial charge is 0.375 e. The number of hydrogen-bond acceptors (Lipinski definition) is 2. The third-order valence-electron chi connectivity index (χ3n) is 3.06. The summed E-state index contributed by atoms with van der Waals surface area (Å²) in [5.41, 5.74) is 0.102. The number of aliphatic hydroxyl groups is 1. The zero-order chi connectivity index (χ0) is 15.8. The van der Waals surface area contributed by atoms with Crippen LogP contribution in [0.15, 0.2) is 24.3 Å². The van der Waals surface area contributed by atoms with E-state index in [2.05, 4.69) is 0 Å². The van der Waals surface area contributed by atoms with Crippen LogP contribution in [0.3, 0.4) is 0 Å². The molecule has 0 amide bonds. The summed E-state index contributed by atoms with van der Waals surface area (Å²) >= 11 is 0. The number of halogens is 6. The molecule has 0 radical (unpaired) electrons.